The summed E-state index contributed by atoms with van der Waals surface area (Å²) in [6.45, 7) is 3.54. The number of hydrogen-bond donors (Lipinski definition) is 2. The van der Waals surface area contributed by atoms with Crippen LogP contribution >= 0.6 is 0 Å². The lowest BCUT2D eigenvalue weighted by molar-refractivity contribution is -0.119. The first-order valence-corrected chi connectivity index (χ1v) is 6.13. The zero-order chi connectivity index (χ0) is 14.3. The molecule has 0 bridgehead atoms. The van der Waals surface area contributed by atoms with Crippen molar-refractivity contribution >= 4 is 11.8 Å². The van der Waals surface area contributed by atoms with E-state index in [0.717, 1.165) is 12.2 Å². The second-order valence-corrected chi connectivity index (χ2v) is 4.34. The van der Waals surface area contributed by atoms with Crippen molar-refractivity contribution in [2.24, 2.45) is 0 Å². The van der Waals surface area contributed by atoms with Crippen molar-refractivity contribution in [1.82, 2.24) is 20.5 Å². The lowest BCUT2D eigenvalue weighted by Crippen LogP contribution is -2.31. The van der Waals surface area contributed by atoms with E-state index in [0.29, 0.717) is 18.7 Å². The molecule has 0 aliphatic carbocycles. The number of amides is 2. The average molecular weight is 264 g/mol. The number of nitrogens with zero attached hydrogens (tertiary/aromatic N) is 2. The molecule has 1 aromatic rings. The molecule has 104 valence electrons. The van der Waals surface area contributed by atoms with Crippen LogP contribution in [0.2, 0.25) is 0 Å². The lowest BCUT2D eigenvalue weighted by Gasteiger charge is -2.16. The van der Waals surface area contributed by atoms with Crippen molar-refractivity contribution in [1.29, 1.82) is 0 Å². The van der Waals surface area contributed by atoms with Gasteiger partial charge in [-0.3, -0.25) is 19.5 Å². The van der Waals surface area contributed by atoms with Crippen LogP contribution in [0.25, 0.3) is 0 Å². The van der Waals surface area contributed by atoms with E-state index in [-0.39, 0.29) is 11.8 Å². The fraction of sp³-hybridized carbons (Fsp3) is 0.462. The van der Waals surface area contributed by atoms with E-state index in [2.05, 4.69) is 20.5 Å². The molecule has 1 aromatic heterocycles. The van der Waals surface area contributed by atoms with E-state index in [9.17, 15) is 9.59 Å². The molecule has 6 heteroatoms. The van der Waals surface area contributed by atoms with Gasteiger partial charge >= 0.3 is 0 Å². The Morgan fingerprint density at radius 3 is 2.63 bits per heavy atom. The summed E-state index contributed by atoms with van der Waals surface area (Å²) in [7, 11) is 3.54. The third kappa shape index (κ3) is 5.48. The summed E-state index contributed by atoms with van der Waals surface area (Å²) >= 11 is 0. The van der Waals surface area contributed by atoms with Crippen LogP contribution in [0.4, 0.5) is 0 Å². The summed E-state index contributed by atoms with van der Waals surface area (Å²) in [5, 5.41) is 5.29. The quantitative estimate of drug-likeness (QED) is 0.759. The summed E-state index contributed by atoms with van der Waals surface area (Å²) in [4.78, 5) is 28.4. The van der Waals surface area contributed by atoms with Crippen LogP contribution in [0.1, 0.15) is 23.0 Å². The summed E-state index contributed by atoms with van der Waals surface area (Å²) in [6, 6.07) is 3.59. The number of likely N-dealkylation sites (N-methyl/N-ethyl adjacent to an activating group) is 1. The fourth-order valence-corrected chi connectivity index (χ4v) is 1.58. The van der Waals surface area contributed by atoms with Crippen molar-refractivity contribution in [2.75, 3.05) is 27.2 Å². The Labute approximate surface area is 113 Å². The van der Waals surface area contributed by atoms with E-state index < -0.39 is 0 Å². The number of aromatic nitrogens is 1. The van der Waals surface area contributed by atoms with Gasteiger partial charge in [-0.15, -0.1) is 0 Å². The van der Waals surface area contributed by atoms with E-state index in [1.165, 1.54) is 6.92 Å². The maximum atomic E-state index is 11.4. The molecular weight excluding hydrogens is 244 g/mol. The van der Waals surface area contributed by atoms with Gasteiger partial charge in [-0.1, -0.05) is 0 Å². The van der Waals surface area contributed by atoms with Crippen LogP contribution in [0.5, 0.6) is 0 Å². The summed E-state index contributed by atoms with van der Waals surface area (Å²) in [6.07, 6.45) is 1.57. The fourth-order valence-electron chi connectivity index (χ4n) is 1.58. The predicted molar refractivity (Wildman–Crippen MR) is 72.6 cm³/mol. The highest BCUT2D eigenvalue weighted by atomic mass is 16.2. The Kier molecular flexibility index (Phi) is 5.95. The van der Waals surface area contributed by atoms with Gasteiger partial charge in [0.15, 0.2) is 0 Å². The molecule has 0 saturated heterocycles. The molecule has 0 aliphatic heterocycles. The van der Waals surface area contributed by atoms with Crippen LogP contribution in [0, 0.1) is 0 Å². The zero-order valence-electron chi connectivity index (χ0n) is 11.6. The van der Waals surface area contributed by atoms with Gasteiger partial charge < -0.3 is 10.6 Å². The molecule has 0 aliphatic rings. The van der Waals surface area contributed by atoms with E-state index in [1.54, 1.807) is 19.3 Å². The molecule has 1 rings (SSSR count). The van der Waals surface area contributed by atoms with Gasteiger partial charge in [0.1, 0.15) is 0 Å². The Morgan fingerprint density at radius 1 is 1.37 bits per heavy atom. The van der Waals surface area contributed by atoms with Crippen molar-refractivity contribution in [3.8, 4) is 0 Å². The maximum Gasteiger partial charge on any atom is 0.252 e. The molecule has 1 heterocycles. The van der Waals surface area contributed by atoms with Crippen LogP contribution in [0.3, 0.4) is 0 Å². The van der Waals surface area contributed by atoms with Crippen LogP contribution < -0.4 is 10.6 Å². The smallest absolute Gasteiger partial charge is 0.252 e. The molecule has 0 saturated carbocycles. The number of rotatable bonds is 6. The molecule has 2 amide bonds. The SMILES string of the molecule is CNC(=O)c1ccc(CN(C)CCNC(C)=O)nc1. The molecule has 0 radical (unpaired) electrons. The first-order valence-electron chi connectivity index (χ1n) is 6.13. The number of pyridine rings is 1. The van der Waals surface area contributed by atoms with Gasteiger partial charge in [-0.2, -0.15) is 0 Å². The average Bonchev–Trinajstić information content (AvgIpc) is 2.38. The van der Waals surface area contributed by atoms with E-state index in [4.69, 9.17) is 0 Å². The van der Waals surface area contributed by atoms with Crippen molar-refractivity contribution in [3.05, 3.63) is 29.6 Å². The molecule has 0 unspecified atom stereocenters. The number of hydrogen-bond acceptors (Lipinski definition) is 4. The van der Waals surface area contributed by atoms with Gasteiger partial charge in [-0.05, 0) is 19.2 Å². The van der Waals surface area contributed by atoms with E-state index >= 15 is 0 Å². The molecule has 0 atom stereocenters. The Balaban J connectivity index is 2.44. The van der Waals surface area contributed by atoms with Crippen molar-refractivity contribution in [2.45, 2.75) is 13.5 Å². The van der Waals surface area contributed by atoms with Gasteiger partial charge in [0, 0.05) is 39.8 Å². The molecule has 0 fully saturated rings. The summed E-state index contributed by atoms with van der Waals surface area (Å²) < 4.78 is 0. The van der Waals surface area contributed by atoms with Crippen molar-refractivity contribution in [3.63, 3.8) is 0 Å². The Morgan fingerprint density at radius 2 is 2.11 bits per heavy atom. The minimum atomic E-state index is -0.141. The molecule has 0 spiro atoms. The largest absolute Gasteiger partial charge is 0.355 e. The van der Waals surface area contributed by atoms with Crippen LogP contribution in [-0.2, 0) is 11.3 Å². The minimum absolute atomic E-state index is 0.0264. The number of carbonyl (C=O) groups excluding carboxylic acids is 2. The lowest BCUT2D eigenvalue weighted by atomic mass is 10.2. The molecule has 19 heavy (non-hydrogen) atoms. The maximum absolute atomic E-state index is 11.4. The Bertz CT molecular complexity index is 431. The first kappa shape index (κ1) is 15.1. The monoisotopic (exact) mass is 264 g/mol. The molecule has 2 N–H and O–H groups in total. The normalized spacial score (nSPS) is 10.3. The highest BCUT2D eigenvalue weighted by Crippen LogP contribution is 2.02. The summed E-state index contributed by atoms with van der Waals surface area (Å²) in [5.74, 6) is -0.167. The van der Waals surface area contributed by atoms with Crippen LogP contribution in [0.15, 0.2) is 18.3 Å². The third-order valence-corrected chi connectivity index (χ3v) is 2.61. The number of carbonyl (C=O) groups is 2. The first-order chi connectivity index (χ1) is 9.02. The zero-order valence-corrected chi connectivity index (χ0v) is 11.6. The summed E-state index contributed by atoms with van der Waals surface area (Å²) in [5.41, 5.74) is 1.44. The number of nitrogens with one attached hydrogen (secondary N) is 2. The minimum Gasteiger partial charge on any atom is -0.355 e. The topological polar surface area (TPSA) is 74.3 Å². The molecule has 6 nitrogen and oxygen atoms in total. The third-order valence-electron chi connectivity index (χ3n) is 2.61. The van der Waals surface area contributed by atoms with Gasteiger partial charge in [0.25, 0.3) is 5.91 Å². The highest BCUT2D eigenvalue weighted by molar-refractivity contribution is 5.93. The molecule has 0 aromatic carbocycles. The molecular formula is C13H20N4O2. The van der Waals surface area contributed by atoms with Gasteiger partial charge in [-0.25, -0.2) is 0 Å². The highest BCUT2D eigenvalue weighted by Gasteiger charge is 2.05. The second-order valence-electron chi connectivity index (χ2n) is 4.34. The predicted octanol–water partition coefficient (Wildman–Crippen LogP) is 0.00910. The van der Waals surface area contributed by atoms with Crippen LogP contribution in [-0.4, -0.2) is 48.9 Å². The van der Waals surface area contributed by atoms with E-state index in [1.807, 2.05) is 13.1 Å². The Hall–Kier alpha value is -1.95. The van der Waals surface area contributed by atoms with Gasteiger partial charge in [0.05, 0.1) is 11.3 Å². The van der Waals surface area contributed by atoms with Crippen molar-refractivity contribution < 1.29 is 9.59 Å². The van der Waals surface area contributed by atoms with Gasteiger partial charge in [0.2, 0.25) is 5.91 Å². The standard InChI is InChI=1S/C13H20N4O2/c1-10(18)15-6-7-17(3)9-12-5-4-11(8-16-12)13(19)14-2/h4-5,8H,6-7,9H2,1-3H3,(H,14,19)(H,15,18). The second kappa shape index (κ2) is 7.48.